The Bertz CT molecular complexity index is 692. The highest BCUT2D eigenvalue weighted by molar-refractivity contribution is 6.07. The van der Waals surface area contributed by atoms with Crippen LogP contribution in [0.25, 0.3) is 11.2 Å². The van der Waals surface area contributed by atoms with Crippen LogP contribution in [0.5, 0.6) is 0 Å². The highest BCUT2D eigenvalue weighted by atomic mass is 16.5. The molecule has 0 aliphatic heterocycles. The molecule has 20 heavy (non-hydrogen) atoms. The Morgan fingerprint density at radius 2 is 2.20 bits per heavy atom. The van der Waals surface area contributed by atoms with Crippen LogP contribution in [0.4, 0.5) is 10.5 Å². The van der Waals surface area contributed by atoms with E-state index >= 15 is 0 Å². The van der Waals surface area contributed by atoms with E-state index in [0.29, 0.717) is 5.65 Å². The minimum absolute atomic E-state index is 0.0185. The van der Waals surface area contributed by atoms with Crippen LogP contribution in [0.3, 0.4) is 0 Å². The smallest absolute Gasteiger partial charge is 0.412 e. The van der Waals surface area contributed by atoms with Gasteiger partial charge in [0.05, 0.1) is 0 Å². The van der Waals surface area contributed by atoms with E-state index in [-0.39, 0.29) is 23.5 Å². The molecule has 0 aliphatic carbocycles. The number of aromatic nitrogens is 3. The fourth-order valence-corrected chi connectivity index (χ4v) is 1.78. The minimum Gasteiger partial charge on any atom is -0.477 e. The van der Waals surface area contributed by atoms with Crippen molar-refractivity contribution in [3.63, 3.8) is 0 Å². The number of carbonyl (C=O) groups is 2. The van der Waals surface area contributed by atoms with Crippen LogP contribution >= 0.6 is 0 Å². The lowest BCUT2D eigenvalue weighted by Crippen LogP contribution is -2.16. The molecule has 0 atom stereocenters. The SMILES string of the molecule is C=CCOC(=O)Nc1c(C(=O)O)n(C)c2nccnc12. The number of nitrogens with one attached hydrogen (secondary N) is 1. The van der Waals surface area contributed by atoms with Crippen LogP contribution in [0.15, 0.2) is 25.0 Å². The third kappa shape index (κ3) is 2.30. The molecule has 0 saturated heterocycles. The number of hydrogen-bond donors (Lipinski definition) is 2. The molecule has 0 saturated carbocycles. The molecule has 1 amide bonds. The molecule has 104 valence electrons. The van der Waals surface area contributed by atoms with Crippen LogP contribution < -0.4 is 5.32 Å². The standard InChI is InChI=1S/C12H12N4O4/c1-3-6-20-12(19)15-7-8-10(14-5-4-13-8)16(2)9(7)11(17)18/h3-5H,1,6H2,2H3,(H,15,19)(H,17,18). The minimum atomic E-state index is -1.20. The van der Waals surface area contributed by atoms with Gasteiger partial charge in [-0.15, -0.1) is 0 Å². The molecule has 0 radical (unpaired) electrons. The van der Waals surface area contributed by atoms with Crippen LogP contribution in [0.1, 0.15) is 10.5 Å². The maximum Gasteiger partial charge on any atom is 0.412 e. The first-order valence-corrected chi connectivity index (χ1v) is 5.63. The molecule has 0 aliphatic rings. The van der Waals surface area contributed by atoms with Gasteiger partial charge < -0.3 is 14.4 Å². The number of aromatic carboxylic acids is 1. The van der Waals surface area contributed by atoms with E-state index < -0.39 is 12.1 Å². The Labute approximate surface area is 113 Å². The number of aryl methyl sites for hydroxylation is 1. The summed E-state index contributed by atoms with van der Waals surface area (Å²) in [5, 5.41) is 11.6. The summed E-state index contributed by atoms with van der Waals surface area (Å²) in [6.07, 6.45) is 3.47. The number of anilines is 1. The van der Waals surface area contributed by atoms with Crippen LogP contribution in [-0.2, 0) is 11.8 Å². The first-order chi connectivity index (χ1) is 9.56. The lowest BCUT2D eigenvalue weighted by Gasteiger charge is -2.05. The molecule has 0 bridgehead atoms. The van der Waals surface area contributed by atoms with Gasteiger partial charge in [0.1, 0.15) is 17.8 Å². The van der Waals surface area contributed by atoms with Crippen molar-refractivity contribution >= 4 is 28.9 Å². The summed E-state index contributed by atoms with van der Waals surface area (Å²) in [5.41, 5.74) is 0.561. The van der Waals surface area contributed by atoms with E-state index in [0.717, 1.165) is 0 Å². The number of amides is 1. The normalized spacial score (nSPS) is 10.2. The number of hydrogen-bond acceptors (Lipinski definition) is 5. The second-order valence-electron chi connectivity index (χ2n) is 3.83. The third-order valence-corrected chi connectivity index (χ3v) is 2.57. The lowest BCUT2D eigenvalue weighted by atomic mass is 10.3. The average molecular weight is 276 g/mol. The summed E-state index contributed by atoms with van der Waals surface area (Å²) in [5.74, 6) is -1.20. The fraction of sp³-hybridized carbons (Fsp3) is 0.167. The maximum absolute atomic E-state index is 11.6. The van der Waals surface area contributed by atoms with Gasteiger partial charge in [0, 0.05) is 19.4 Å². The number of carbonyl (C=O) groups excluding carboxylic acids is 1. The quantitative estimate of drug-likeness (QED) is 0.817. The maximum atomic E-state index is 11.6. The van der Waals surface area contributed by atoms with E-state index in [9.17, 15) is 14.7 Å². The first-order valence-electron chi connectivity index (χ1n) is 5.63. The Kier molecular flexibility index (Phi) is 3.65. The lowest BCUT2D eigenvalue weighted by molar-refractivity contribution is 0.0688. The summed E-state index contributed by atoms with van der Waals surface area (Å²) in [7, 11) is 1.53. The molecule has 0 fully saturated rings. The molecular weight excluding hydrogens is 264 g/mol. The van der Waals surface area contributed by atoms with Gasteiger partial charge in [-0.25, -0.2) is 19.6 Å². The number of carboxylic acids is 1. The van der Waals surface area contributed by atoms with Gasteiger partial charge in [0.2, 0.25) is 0 Å². The van der Waals surface area contributed by atoms with Crippen molar-refractivity contribution in [2.75, 3.05) is 11.9 Å². The molecule has 2 N–H and O–H groups in total. The molecule has 2 heterocycles. The second kappa shape index (κ2) is 5.39. The number of ether oxygens (including phenoxy) is 1. The Morgan fingerprint density at radius 3 is 2.85 bits per heavy atom. The van der Waals surface area contributed by atoms with Gasteiger partial charge >= 0.3 is 12.1 Å². The Hall–Kier alpha value is -2.90. The first kappa shape index (κ1) is 13.5. The van der Waals surface area contributed by atoms with Crippen molar-refractivity contribution in [3.8, 4) is 0 Å². The number of fused-ring (bicyclic) bond motifs is 1. The van der Waals surface area contributed by atoms with E-state index in [1.807, 2.05) is 0 Å². The summed E-state index contributed by atoms with van der Waals surface area (Å²) in [4.78, 5) is 31.0. The van der Waals surface area contributed by atoms with Crippen molar-refractivity contribution in [2.24, 2.45) is 7.05 Å². The largest absolute Gasteiger partial charge is 0.477 e. The molecule has 8 nitrogen and oxygen atoms in total. The molecular formula is C12H12N4O4. The number of rotatable bonds is 4. The van der Waals surface area contributed by atoms with Crippen LogP contribution in [-0.4, -0.2) is 38.3 Å². The second-order valence-corrected chi connectivity index (χ2v) is 3.83. The molecule has 0 spiro atoms. The molecule has 8 heteroatoms. The van der Waals surface area contributed by atoms with Gasteiger partial charge in [0.15, 0.2) is 11.3 Å². The number of carboxylic acid groups (broad SMARTS) is 1. The van der Waals surface area contributed by atoms with Gasteiger partial charge in [-0.3, -0.25) is 5.32 Å². The third-order valence-electron chi connectivity index (χ3n) is 2.57. The predicted octanol–water partition coefficient (Wildman–Crippen LogP) is 1.40. The Morgan fingerprint density at radius 1 is 1.50 bits per heavy atom. The van der Waals surface area contributed by atoms with Crippen LogP contribution in [0.2, 0.25) is 0 Å². The zero-order valence-corrected chi connectivity index (χ0v) is 10.7. The summed E-state index contributed by atoms with van der Waals surface area (Å²) < 4.78 is 6.11. The highest BCUT2D eigenvalue weighted by Crippen LogP contribution is 2.27. The van der Waals surface area contributed by atoms with Crippen molar-refractivity contribution in [3.05, 3.63) is 30.7 Å². The van der Waals surface area contributed by atoms with E-state index in [2.05, 4.69) is 21.9 Å². The molecule has 0 unspecified atom stereocenters. The van der Waals surface area contributed by atoms with Crippen molar-refractivity contribution in [1.82, 2.24) is 14.5 Å². The van der Waals surface area contributed by atoms with Crippen molar-refractivity contribution in [2.45, 2.75) is 0 Å². The van der Waals surface area contributed by atoms with Crippen molar-refractivity contribution < 1.29 is 19.4 Å². The van der Waals surface area contributed by atoms with Crippen molar-refractivity contribution in [1.29, 1.82) is 0 Å². The van der Waals surface area contributed by atoms with Gasteiger partial charge in [-0.1, -0.05) is 12.7 Å². The Balaban J connectivity index is 2.50. The van der Waals surface area contributed by atoms with E-state index in [4.69, 9.17) is 4.74 Å². The number of nitrogens with zero attached hydrogens (tertiary/aromatic N) is 3. The van der Waals surface area contributed by atoms with Gasteiger partial charge in [0.25, 0.3) is 0 Å². The highest BCUT2D eigenvalue weighted by Gasteiger charge is 2.24. The van der Waals surface area contributed by atoms with Crippen LogP contribution in [0, 0.1) is 0 Å². The summed E-state index contributed by atoms with van der Waals surface area (Å²) in [6.45, 7) is 3.43. The summed E-state index contributed by atoms with van der Waals surface area (Å²) >= 11 is 0. The molecule has 0 aromatic carbocycles. The molecule has 2 rings (SSSR count). The van der Waals surface area contributed by atoms with Gasteiger partial charge in [-0.2, -0.15) is 0 Å². The summed E-state index contributed by atoms with van der Waals surface area (Å²) in [6, 6.07) is 0. The topological polar surface area (TPSA) is 106 Å². The average Bonchev–Trinajstić information content (AvgIpc) is 2.70. The van der Waals surface area contributed by atoms with E-state index in [1.165, 1.54) is 30.1 Å². The molecule has 2 aromatic heterocycles. The monoisotopic (exact) mass is 276 g/mol. The van der Waals surface area contributed by atoms with Gasteiger partial charge in [-0.05, 0) is 0 Å². The zero-order valence-electron chi connectivity index (χ0n) is 10.7. The fourth-order valence-electron chi connectivity index (χ4n) is 1.78. The zero-order chi connectivity index (χ0) is 14.7. The van der Waals surface area contributed by atoms with E-state index in [1.54, 1.807) is 0 Å². The molecule has 2 aromatic rings. The predicted molar refractivity (Wildman–Crippen MR) is 70.6 cm³/mol.